The van der Waals surface area contributed by atoms with Crippen molar-refractivity contribution in [1.29, 1.82) is 0 Å². The van der Waals surface area contributed by atoms with Crippen LogP contribution in [0.4, 0.5) is 0 Å². The molecule has 0 radical (unpaired) electrons. The van der Waals surface area contributed by atoms with Crippen molar-refractivity contribution in [2.24, 2.45) is 5.73 Å². The van der Waals surface area contributed by atoms with Crippen molar-refractivity contribution >= 4 is 5.97 Å². The molecule has 0 spiro atoms. The first-order valence-corrected chi connectivity index (χ1v) is 5.57. The second-order valence-corrected chi connectivity index (χ2v) is 3.73. The van der Waals surface area contributed by atoms with E-state index in [4.69, 9.17) is 20.3 Å². The zero-order valence-corrected chi connectivity index (χ0v) is 10.3. The van der Waals surface area contributed by atoms with Crippen molar-refractivity contribution in [3.8, 4) is 0 Å². The summed E-state index contributed by atoms with van der Waals surface area (Å²) in [6.07, 6.45) is 1.84. The van der Waals surface area contributed by atoms with Crippen molar-refractivity contribution in [3.63, 3.8) is 0 Å². The number of rotatable bonds is 9. The quantitative estimate of drug-likeness (QED) is 0.540. The van der Waals surface area contributed by atoms with Gasteiger partial charge in [0.1, 0.15) is 6.04 Å². The first-order chi connectivity index (χ1) is 8.63. The van der Waals surface area contributed by atoms with E-state index in [1.165, 1.54) is 0 Å². The highest BCUT2D eigenvalue weighted by Gasteiger charge is 2.14. The first kappa shape index (κ1) is 14.6. The molecule has 0 aliphatic carbocycles. The molecule has 0 saturated carbocycles. The molecule has 0 amide bonds. The summed E-state index contributed by atoms with van der Waals surface area (Å²) in [6, 6.07) is -0.951. The van der Waals surface area contributed by atoms with Crippen LogP contribution in [-0.2, 0) is 27.2 Å². The highest BCUT2D eigenvalue weighted by molar-refractivity contribution is 5.73. The highest BCUT2D eigenvalue weighted by atomic mass is 16.5. The number of methoxy groups -OCH3 is 1. The maximum Gasteiger partial charge on any atom is 0.320 e. The molecule has 0 aliphatic rings. The summed E-state index contributed by atoms with van der Waals surface area (Å²) in [5, 5.41) is 16.4. The maximum atomic E-state index is 10.6. The molecule has 1 heterocycles. The van der Waals surface area contributed by atoms with Gasteiger partial charge in [-0.2, -0.15) is 0 Å². The van der Waals surface area contributed by atoms with Gasteiger partial charge < -0.3 is 20.3 Å². The predicted octanol–water partition coefficient (Wildman–Crippen LogP) is -1.10. The minimum atomic E-state index is -1.05. The van der Waals surface area contributed by atoms with Crippen LogP contribution in [0.25, 0.3) is 0 Å². The molecule has 0 fully saturated rings. The van der Waals surface area contributed by atoms with Gasteiger partial charge in [0.05, 0.1) is 32.1 Å². The Bertz CT molecular complexity index is 369. The van der Waals surface area contributed by atoms with Crippen LogP contribution >= 0.6 is 0 Å². The van der Waals surface area contributed by atoms with E-state index in [2.05, 4.69) is 10.3 Å². The first-order valence-electron chi connectivity index (χ1n) is 5.57. The smallest absolute Gasteiger partial charge is 0.320 e. The van der Waals surface area contributed by atoms with Gasteiger partial charge in [-0.05, 0) is 0 Å². The number of nitrogens with two attached hydrogens (primary N) is 1. The number of carbonyl (C=O) groups is 1. The van der Waals surface area contributed by atoms with Crippen molar-refractivity contribution in [3.05, 3.63) is 11.9 Å². The van der Waals surface area contributed by atoms with Crippen LogP contribution in [0.3, 0.4) is 0 Å². The molecule has 8 heteroatoms. The largest absolute Gasteiger partial charge is 0.480 e. The molecule has 102 valence electrons. The standard InChI is InChI=1S/C10H18N4O4/c1-17-4-5-18-3-2-14-7-8(12-13-14)6-9(11)10(15)16/h7,9H,2-6,11H2,1H3,(H,15,16). The van der Waals surface area contributed by atoms with Gasteiger partial charge in [0, 0.05) is 19.7 Å². The molecular weight excluding hydrogens is 240 g/mol. The van der Waals surface area contributed by atoms with Gasteiger partial charge in [0.25, 0.3) is 0 Å². The molecule has 8 nitrogen and oxygen atoms in total. The highest BCUT2D eigenvalue weighted by Crippen LogP contribution is 1.98. The Balaban J connectivity index is 2.28. The number of carboxylic acid groups (broad SMARTS) is 1. The molecule has 0 saturated heterocycles. The molecule has 0 aliphatic heterocycles. The number of ether oxygens (including phenoxy) is 2. The van der Waals surface area contributed by atoms with Crippen LogP contribution in [0.1, 0.15) is 5.69 Å². The fraction of sp³-hybridized carbons (Fsp3) is 0.700. The normalized spacial score (nSPS) is 12.6. The van der Waals surface area contributed by atoms with Gasteiger partial charge in [-0.15, -0.1) is 5.10 Å². The van der Waals surface area contributed by atoms with Crippen LogP contribution in [0.15, 0.2) is 6.20 Å². The Morgan fingerprint density at radius 2 is 2.33 bits per heavy atom. The predicted molar refractivity (Wildman–Crippen MR) is 62.0 cm³/mol. The molecule has 18 heavy (non-hydrogen) atoms. The van der Waals surface area contributed by atoms with E-state index >= 15 is 0 Å². The third-order valence-corrected chi connectivity index (χ3v) is 2.23. The second-order valence-electron chi connectivity index (χ2n) is 3.73. The average molecular weight is 258 g/mol. The second kappa shape index (κ2) is 7.75. The van der Waals surface area contributed by atoms with Crippen molar-refractivity contribution in [2.45, 2.75) is 19.0 Å². The molecule has 1 aromatic rings. The maximum absolute atomic E-state index is 10.6. The van der Waals surface area contributed by atoms with E-state index in [1.54, 1.807) is 18.0 Å². The monoisotopic (exact) mass is 258 g/mol. The summed E-state index contributed by atoms with van der Waals surface area (Å²) in [7, 11) is 1.61. The minimum Gasteiger partial charge on any atom is -0.480 e. The fourth-order valence-corrected chi connectivity index (χ4v) is 1.26. The van der Waals surface area contributed by atoms with Crippen molar-refractivity contribution in [1.82, 2.24) is 15.0 Å². The Morgan fingerprint density at radius 3 is 3.00 bits per heavy atom. The third kappa shape index (κ3) is 5.21. The lowest BCUT2D eigenvalue weighted by Gasteiger charge is -2.03. The number of hydrogen-bond acceptors (Lipinski definition) is 6. The number of aromatic nitrogens is 3. The summed E-state index contributed by atoms with van der Waals surface area (Å²) in [5.41, 5.74) is 5.95. The average Bonchev–Trinajstić information content (AvgIpc) is 2.76. The van der Waals surface area contributed by atoms with Crippen molar-refractivity contribution in [2.75, 3.05) is 26.9 Å². The molecule has 0 aromatic carbocycles. The van der Waals surface area contributed by atoms with Crippen LogP contribution in [-0.4, -0.2) is 59.0 Å². The van der Waals surface area contributed by atoms with Crippen LogP contribution in [0.5, 0.6) is 0 Å². The van der Waals surface area contributed by atoms with Gasteiger partial charge in [0.15, 0.2) is 0 Å². The Labute approximate surface area is 105 Å². The molecule has 1 rings (SSSR count). The van der Waals surface area contributed by atoms with Gasteiger partial charge in [-0.3, -0.25) is 4.79 Å². The summed E-state index contributed by atoms with van der Waals surface area (Å²) in [5.74, 6) is -1.05. The Morgan fingerprint density at radius 1 is 1.56 bits per heavy atom. The number of nitrogens with zero attached hydrogens (tertiary/aromatic N) is 3. The lowest BCUT2D eigenvalue weighted by Crippen LogP contribution is -2.32. The summed E-state index contributed by atoms with van der Waals surface area (Å²) < 4.78 is 11.7. The molecule has 1 atom stereocenters. The number of aliphatic carboxylic acids is 1. The Kier molecular flexibility index (Phi) is 6.26. The molecule has 0 bridgehead atoms. The Hall–Kier alpha value is -1.51. The molecular formula is C10H18N4O4. The van der Waals surface area contributed by atoms with Crippen LogP contribution < -0.4 is 5.73 Å². The van der Waals surface area contributed by atoms with E-state index < -0.39 is 12.0 Å². The number of carboxylic acids is 1. The zero-order chi connectivity index (χ0) is 13.4. The summed E-state index contributed by atoms with van der Waals surface area (Å²) >= 11 is 0. The van der Waals surface area contributed by atoms with E-state index in [9.17, 15) is 4.79 Å². The molecule has 1 unspecified atom stereocenters. The summed E-state index contributed by atoms with van der Waals surface area (Å²) in [4.78, 5) is 10.6. The fourth-order valence-electron chi connectivity index (χ4n) is 1.26. The topological polar surface area (TPSA) is 112 Å². The van der Waals surface area contributed by atoms with E-state index in [-0.39, 0.29) is 6.42 Å². The van der Waals surface area contributed by atoms with E-state index in [0.717, 1.165) is 0 Å². The lowest BCUT2D eigenvalue weighted by molar-refractivity contribution is -0.138. The SMILES string of the molecule is COCCOCCn1cc(CC(N)C(=O)O)nn1. The van der Waals surface area contributed by atoms with E-state index in [0.29, 0.717) is 32.1 Å². The van der Waals surface area contributed by atoms with Gasteiger partial charge >= 0.3 is 5.97 Å². The van der Waals surface area contributed by atoms with Gasteiger partial charge in [-0.25, -0.2) is 4.68 Å². The third-order valence-electron chi connectivity index (χ3n) is 2.23. The lowest BCUT2D eigenvalue weighted by atomic mass is 10.2. The van der Waals surface area contributed by atoms with E-state index in [1.807, 2.05) is 0 Å². The zero-order valence-electron chi connectivity index (χ0n) is 10.3. The summed E-state index contributed by atoms with van der Waals surface area (Å²) in [6.45, 7) is 2.13. The number of hydrogen-bond donors (Lipinski definition) is 2. The van der Waals surface area contributed by atoms with Crippen molar-refractivity contribution < 1.29 is 19.4 Å². The van der Waals surface area contributed by atoms with Gasteiger partial charge in [-0.1, -0.05) is 5.21 Å². The molecule has 3 N–H and O–H groups in total. The van der Waals surface area contributed by atoms with Gasteiger partial charge in [0.2, 0.25) is 0 Å². The van der Waals surface area contributed by atoms with Crippen LogP contribution in [0, 0.1) is 0 Å². The molecule has 1 aromatic heterocycles. The minimum absolute atomic E-state index is 0.167. The van der Waals surface area contributed by atoms with Crippen LogP contribution in [0.2, 0.25) is 0 Å².